The smallest absolute Gasteiger partial charge is 0.179 e. The molecule has 116 valence electrons. The average Bonchev–Trinajstić information content (AvgIpc) is 2.47. The molecular weight excluding hydrogens is 284 g/mol. The summed E-state index contributed by atoms with van der Waals surface area (Å²) in [5, 5.41) is 1.67. The summed E-state index contributed by atoms with van der Waals surface area (Å²) in [4.78, 5) is 0.800. The van der Waals surface area contributed by atoms with Crippen molar-refractivity contribution in [1.29, 1.82) is 0 Å². The van der Waals surface area contributed by atoms with Gasteiger partial charge in [-0.1, -0.05) is 29.8 Å². The molecule has 21 heavy (non-hydrogen) atoms. The Labute approximate surface area is 130 Å². The largest absolute Gasteiger partial charge is 0.349 e. The Balaban J connectivity index is 2.68. The Kier molecular flexibility index (Phi) is 8.20. The molecule has 0 N–H and O–H groups in total. The van der Waals surface area contributed by atoms with Crippen LogP contribution >= 0.6 is 0 Å². The Morgan fingerprint density at radius 2 is 1.76 bits per heavy atom. The minimum absolute atomic E-state index is 0.336. The summed E-state index contributed by atoms with van der Waals surface area (Å²) in [6.07, 6.45) is 3.33. The first-order chi connectivity index (χ1) is 10.1. The van der Waals surface area contributed by atoms with Crippen LogP contribution in [0.4, 0.5) is 0 Å². The van der Waals surface area contributed by atoms with Gasteiger partial charge in [0.15, 0.2) is 6.29 Å². The van der Waals surface area contributed by atoms with E-state index in [1.165, 1.54) is 0 Å². The van der Waals surface area contributed by atoms with Gasteiger partial charge in [-0.3, -0.25) is 0 Å². The van der Waals surface area contributed by atoms with Gasteiger partial charge in [-0.15, -0.1) is 0 Å². The molecule has 1 aromatic rings. The van der Waals surface area contributed by atoms with Gasteiger partial charge in [-0.05, 0) is 45.4 Å². The van der Waals surface area contributed by atoms with E-state index in [2.05, 4.69) is 0 Å². The van der Waals surface area contributed by atoms with Crippen molar-refractivity contribution in [3.05, 3.63) is 53.0 Å². The van der Waals surface area contributed by atoms with Crippen molar-refractivity contribution in [2.75, 3.05) is 13.2 Å². The van der Waals surface area contributed by atoms with Gasteiger partial charge in [-0.25, -0.2) is 4.21 Å². The second-order valence-electron chi connectivity index (χ2n) is 4.59. The topological polar surface area (TPSA) is 35.5 Å². The lowest BCUT2D eigenvalue weighted by Gasteiger charge is -2.17. The summed E-state index contributed by atoms with van der Waals surface area (Å²) < 4.78 is 23.1. The molecular formula is C17H24O3S. The molecule has 0 heterocycles. The molecule has 0 aliphatic heterocycles. The maximum absolute atomic E-state index is 12.1. The van der Waals surface area contributed by atoms with E-state index < -0.39 is 10.8 Å². The molecule has 0 spiro atoms. The van der Waals surface area contributed by atoms with Gasteiger partial charge >= 0.3 is 0 Å². The highest BCUT2D eigenvalue weighted by atomic mass is 32.2. The van der Waals surface area contributed by atoms with Gasteiger partial charge in [0.1, 0.15) is 0 Å². The van der Waals surface area contributed by atoms with Crippen LogP contribution in [0.3, 0.4) is 0 Å². The van der Waals surface area contributed by atoms with Gasteiger partial charge in [0, 0.05) is 23.5 Å². The number of aryl methyl sites for hydroxylation is 1. The zero-order valence-corrected chi connectivity index (χ0v) is 14.0. The summed E-state index contributed by atoms with van der Waals surface area (Å²) in [5.74, 6) is 0. The standard InChI is InChI=1S/C17H24O3S/c1-5-19-17(20-6-2)15(4)8-7-13-21(18)16-11-9-14(3)10-12-16/h7-13,17H,5-6H2,1-4H3/b13-7+,15-8+. The van der Waals surface area contributed by atoms with Gasteiger partial charge in [0.25, 0.3) is 0 Å². The molecule has 1 unspecified atom stereocenters. The lowest BCUT2D eigenvalue weighted by molar-refractivity contribution is -0.111. The average molecular weight is 308 g/mol. The van der Waals surface area contributed by atoms with Crippen molar-refractivity contribution in [1.82, 2.24) is 0 Å². The molecule has 0 fully saturated rings. The van der Waals surface area contributed by atoms with Crippen molar-refractivity contribution in [3.63, 3.8) is 0 Å². The van der Waals surface area contributed by atoms with E-state index in [1.807, 2.05) is 58.0 Å². The van der Waals surface area contributed by atoms with Crippen LogP contribution in [0.2, 0.25) is 0 Å². The van der Waals surface area contributed by atoms with Crippen LogP contribution in [-0.2, 0) is 20.3 Å². The molecule has 1 aromatic carbocycles. The first-order valence-electron chi connectivity index (χ1n) is 7.13. The fraction of sp³-hybridized carbons (Fsp3) is 0.412. The Morgan fingerprint density at radius 3 is 2.29 bits per heavy atom. The lowest BCUT2D eigenvalue weighted by atomic mass is 10.2. The van der Waals surface area contributed by atoms with Crippen molar-refractivity contribution in [3.8, 4) is 0 Å². The van der Waals surface area contributed by atoms with Crippen LogP contribution in [0.5, 0.6) is 0 Å². The predicted molar refractivity (Wildman–Crippen MR) is 87.5 cm³/mol. The molecule has 4 heteroatoms. The summed E-state index contributed by atoms with van der Waals surface area (Å²) in [6.45, 7) is 9.00. The van der Waals surface area contributed by atoms with Gasteiger partial charge in [0.2, 0.25) is 0 Å². The third kappa shape index (κ3) is 6.38. The monoisotopic (exact) mass is 308 g/mol. The van der Waals surface area contributed by atoms with Gasteiger partial charge < -0.3 is 9.47 Å². The molecule has 1 atom stereocenters. The quantitative estimate of drug-likeness (QED) is 0.538. The molecule has 0 saturated carbocycles. The summed E-state index contributed by atoms with van der Waals surface area (Å²) in [7, 11) is -1.14. The van der Waals surface area contributed by atoms with Crippen LogP contribution in [0.15, 0.2) is 52.3 Å². The zero-order valence-electron chi connectivity index (χ0n) is 13.2. The van der Waals surface area contributed by atoms with E-state index in [0.717, 1.165) is 16.0 Å². The Hall–Kier alpha value is -1.23. The van der Waals surface area contributed by atoms with Crippen molar-refractivity contribution in [2.24, 2.45) is 0 Å². The summed E-state index contributed by atoms with van der Waals surface area (Å²) >= 11 is 0. The first-order valence-corrected chi connectivity index (χ1v) is 8.35. The number of allylic oxidation sites excluding steroid dienone is 2. The molecule has 0 amide bonds. The molecule has 0 bridgehead atoms. The van der Waals surface area contributed by atoms with E-state index in [-0.39, 0.29) is 6.29 Å². The minimum atomic E-state index is -1.14. The Bertz CT molecular complexity index is 497. The maximum Gasteiger partial charge on any atom is 0.179 e. The summed E-state index contributed by atoms with van der Waals surface area (Å²) in [6, 6.07) is 7.69. The van der Waals surface area contributed by atoms with Gasteiger partial charge in [0.05, 0.1) is 10.8 Å². The van der Waals surface area contributed by atoms with E-state index >= 15 is 0 Å². The van der Waals surface area contributed by atoms with Crippen LogP contribution in [0.1, 0.15) is 26.3 Å². The van der Waals surface area contributed by atoms with E-state index in [0.29, 0.717) is 13.2 Å². The van der Waals surface area contributed by atoms with Crippen LogP contribution in [0.25, 0.3) is 0 Å². The Morgan fingerprint density at radius 1 is 1.19 bits per heavy atom. The van der Waals surface area contributed by atoms with Crippen LogP contribution < -0.4 is 0 Å². The zero-order chi connectivity index (χ0) is 15.7. The number of hydrogen-bond acceptors (Lipinski definition) is 3. The fourth-order valence-electron chi connectivity index (χ4n) is 1.71. The highest BCUT2D eigenvalue weighted by Gasteiger charge is 2.08. The lowest BCUT2D eigenvalue weighted by Crippen LogP contribution is -2.18. The highest BCUT2D eigenvalue weighted by Crippen LogP contribution is 2.11. The predicted octanol–water partition coefficient (Wildman–Crippen LogP) is 3.96. The normalized spacial score (nSPS) is 14.0. The highest BCUT2D eigenvalue weighted by molar-refractivity contribution is 7.88. The number of benzene rings is 1. The third-order valence-electron chi connectivity index (χ3n) is 2.82. The van der Waals surface area contributed by atoms with Crippen molar-refractivity contribution in [2.45, 2.75) is 38.9 Å². The third-order valence-corrected chi connectivity index (χ3v) is 3.96. The van der Waals surface area contributed by atoms with Crippen LogP contribution in [0, 0.1) is 6.92 Å². The molecule has 0 aliphatic carbocycles. The maximum atomic E-state index is 12.1. The molecule has 1 rings (SSSR count). The van der Waals surface area contributed by atoms with E-state index in [1.54, 1.807) is 11.5 Å². The molecule has 0 saturated heterocycles. The molecule has 0 radical (unpaired) electrons. The second-order valence-corrected chi connectivity index (χ2v) is 5.93. The number of rotatable bonds is 8. The molecule has 0 aliphatic rings. The van der Waals surface area contributed by atoms with E-state index in [9.17, 15) is 4.21 Å². The second kappa shape index (κ2) is 9.66. The van der Waals surface area contributed by atoms with Gasteiger partial charge in [-0.2, -0.15) is 0 Å². The molecule has 0 aromatic heterocycles. The SMILES string of the molecule is CCOC(OCC)/C(C)=C/C=C/S(=O)c1ccc(C)cc1. The van der Waals surface area contributed by atoms with Crippen LogP contribution in [-0.4, -0.2) is 23.7 Å². The van der Waals surface area contributed by atoms with Crippen molar-refractivity contribution >= 4 is 10.8 Å². The summed E-state index contributed by atoms with van der Waals surface area (Å²) in [5.41, 5.74) is 2.11. The van der Waals surface area contributed by atoms with Crippen molar-refractivity contribution < 1.29 is 13.7 Å². The number of ether oxygens (including phenoxy) is 2. The fourth-order valence-corrected chi connectivity index (χ4v) is 2.49. The molecule has 3 nitrogen and oxygen atoms in total. The number of hydrogen-bond donors (Lipinski definition) is 0. The first kappa shape index (κ1) is 17.8. The van der Waals surface area contributed by atoms with E-state index in [4.69, 9.17) is 9.47 Å². The minimum Gasteiger partial charge on any atom is -0.349 e.